The summed E-state index contributed by atoms with van der Waals surface area (Å²) in [7, 11) is 3.45. The van der Waals surface area contributed by atoms with Crippen molar-refractivity contribution >= 4 is 11.8 Å². The monoisotopic (exact) mass is 417 g/mol. The van der Waals surface area contributed by atoms with Crippen LogP contribution in [0.4, 0.5) is 0 Å². The number of hydrogen-bond acceptors (Lipinski definition) is 4. The molecule has 1 saturated heterocycles. The molecule has 1 saturated carbocycles. The van der Waals surface area contributed by atoms with E-state index in [1.807, 2.05) is 42.5 Å². The Morgan fingerprint density at radius 2 is 1.84 bits per heavy atom. The quantitative estimate of drug-likeness (QED) is 0.810. The maximum atomic E-state index is 12.7. The lowest BCUT2D eigenvalue weighted by Crippen LogP contribution is -2.66. The molecule has 6 nitrogen and oxygen atoms in total. The predicted octanol–water partition coefficient (Wildman–Crippen LogP) is 3.03. The van der Waals surface area contributed by atoms with Crippen molar-refractivity contribution in [3.05, 3.63) is 59.7 Å². The first-order valence-electron chi connectivity index (χ1n) is 10.7. The number of amides is 2. The van der Waals surface area contributed by atoms with Crippen LogP contribution >= 0.6 is 0 Å². The zero-order valence-corrected chi connectivity index (χ0v) is 17.9. The highest BCUT2D eigenvalue weighted by molar-refractivity contribution is 5.95. The van der Waals surface area contributed by atoms with Crippen molar-refractivity contribution in [1.29, 1.82) is 5.26 Å². The van der Waals surface area contributed by atoms with E-state index in [0.29, 0.717) is 5.56 Å². The Kier molecular flexibility index (Phi) is 5.79. The number of hydrogen-bond donors (Lipinski definition) is 1. The largest absolute Gasteiger partial charge is 0.394 e. The number of nitrogens with zero attached hydrogens (tertiary/aromatic N) is 3. The van der Waals surface area contributed by atoms with Gasteiger partial charge in [0.25, 0.3) is 5.91 Å². The van der Waals surface area contributed by atoms with Crippen molar-refractivity contribution in [2.45, 2.75) is 37.3 Å². The molecule has 6 heteroatoms. The van der Waals surface area contributed by atoms with Crippen molar-refractivity contribution in [3.63, 3.8) is 0 Å². The number of rotatable bonds is 5. The minimum atomic E-state index is -0.544. The van der Waals surface area contributed by atoms with Gasteiger partial charge in [-0.15, -0.1) is 0 Å². The molecule has 2 aromatic carbocycles. The molecule has 3 atom stereocenters. The van der Waals surface area contributed by atoms with Gasteiger partial charge in [-0.25, -0.2) is 0 Å². The number of carbonyl (C=O) groups excluding carboxylic acids is 2. The third-order valence-electron chi connectivity index (χ3n) is 6.58. The Morgan fingerprint density at radius 1 is 1.13 bits per heavy atom. The summed E-state index contributed by atoms with van der Waals surface area (Å²) in [6, 6.07) is 16.7. The zero-order valence-electron chi connectivity index (χ0n) is 17.9. The first-order chi connectivity index (χ1) is 15.0. The van der Waals surface area contributed by atoms with Crippen molar-refractivity contribution in [2.24, 2.45) is 5.92 Å². The van der Waals surface area contributed by atoms with Crippen LogP contribution in [-0.2, 0) is 4.79 Å². The molecular formula is C25H27N3O3. The summed E-state index contributed by atoms with van der Waals surface area (Å²) in [5, 5.41) is 19.7. The van der Waals surface area contributed by atoms with Gasteiger partial charge in [-0.1, -0.05) is 42.8 Å². The van der Waals surface area contributed by atoms with Gasteiger partial charge >= 0.3 is 0 Å². The van der Waals surface area contributed by atoms with E-state index in [-0.39, 0.29) is 36.3 Å². The summed E-state index contributed by atoms with van der Waals surface area (Å²) in [4.78, 5) is 28.1. The average Bonchev–Trinajstić information content (AvgIpc) is 2.72. The summed E-state index contributed by atoms with van der Waals surface area (Å²) in [5.41, 5.74) is 3.46. The summed E-state index contributed by atoms with van der Waals surface area (Å²) < 4.78 is 0. The molecule has 4 rings (SSSR count). The fourth-order valence-corrected chi connectivity index (χ4v) is 4.56. The number of likely N-dealkylation sites (tertiary alicyclic amines) is 1. The number of aliphatic hydroxyl groups excluding tert-OH is 1. The lowest BCUT2D eigenvalue weighted by molar-refractivity contribution is -0.154. The molecule has 0 aromatic heterocycles. The molecule has 2 fully saturated rings. The van der Waals surface area contributed by atoms with Crippen molar-refractivity contribution in [2.75, 3.05) is 20.7 Å². The second kappa shape index (κ2) is 8.52. The van der Waals surface area contributed by atoms with E-state index in [0.717, 1.165) is 36.0 Å². The molecule has 2 amide bonds. The fourth-order valence-electron chi connectivity index (χ4n) is 4.56. The first kappa shape index (κ1) is 21.1. The standard InChI is InChI=1S/C25H27N3O3/c1-27(2)24(30)20-8-4-7-19(13-20)16-9-11-17(12-10-16)23-21(14-26)28(22(23)15-29)25(31)18-5-3-6-18/h4,7-13,18,21-23,29H,3,5-6,15H2,1-2H3/t21-,22+,23-/m0/s1. The van der Waals surface area contributed by atoms with E-state index in [1.54, 1.807) is 30.0 Å². The zero-order chi connectivity index (χ0) is 22.1. The third-order valence-corrected chi connectivity index (χ3v) is 6.58. The van der Waals surface area contributed by atoms with Crippen LogP contribution in [0.5, 0.6) is 0 Å². The molecule has 0 bridgehead atoms. The topological polar surface area (TPSA) is 84.6 Å². The molecule has 0 unspecified atom stereocenters. The van der Waals surface area contributed by atoms with E-state index in [2.05, 4.69) is 6.07 Å². The molecule has 1 heterocycles. The van der Waals surface area contributed by atoms with Crippen LogP contribution in [0.2, 0.25) is 0 Å². The average molecular weight is 418 g/mol. The molecule has 1 aliphatic carbocycles. The highest BCUT2D eigenvalue weighted by Gasteiger charge is 2.53. The summed E-state index contributed by atoms with van der Waals surface area (Å²) in [5.74, 6) is -0.237. The van der Waals surface area contributed by atoms with E-state index >= 15 is 0 Å². The second-order valence-corrected chi connectivity index (χ2v) is 8.63. The Morgan fingerprint density at radius 3 is 2.39 bits per heavy atom. The van der Waals surface area contributed by atoms with E-state index in [4.69, 9.17) is 0 Å². The molecule has 0 radical (unpaired) electrons. The normalized spacial score (nSPS) is 22.8. The van der Waals surface area contributed by atoms with Gasteiger partial charge in [0.2, 0.25) is 5.91 Å². The van der Waals surface area contributed by atoms with E-state index < -0.39 is 6.04 Å². The molecule has 2 aromatic rings. The molecular weight excluding hydrogens is 390 g/mol. The van der Waals surface area contributed by atoms with Crippen LogP contribution in [0.15, 0.2) is 48.5 Å². The lowest BCUT2D eigenvalue weighted by Gasteiger charge is -2.53. The van der Waals surface area contributed by atoms with Crippen LogP contribution in [0.25, 0.3) is 11.1 Å². The minimum absolute atomic E-state index is 0.00498. The van der Waals surface area contributed by atoms with Crippen LogP contribution < -0.4 is 0 Å². The molecule has 2 aliphatic rings. The van der Waals surface area contributed by atoms with Gasteiger partial charge in [-0.3, -0.25) is 9.59 Å². The summed E-state index contributed by atoms with van der Waals surface area (Å²) >= 11 is 0. The van der Waals surface area contributed by atoms with E-state index in [9.17, 15) is 20.0 Å². The van der Waals surface area contributed by atoms with Gasteiger partial charge in [0.05, 0.1) is 18.7 Å². The minimum Gasteiger partial charge on any atom is -0.394 e. The van der Waals surface area contributed by atoms with Crippen molar-refractivity contribution in [3.8, 4) is 17.2 Å². The molecule has 0 spiro atoms. The van der Waals surface area contributed by atoms with Gasteiger partial charge in [0.15, 0.2) is 0 Å². The summed E-state index contributed by atoms with van der Waals surface area (Å²) in [6.07, 6.45) is 2.80. The van der Waals surface area contributed by atoms with Crippen molar-refractivity contribution in [1.82, 2.24) is 9.80 Å². The van der Waals surface area contributed by atoms with E-state index in [1.165, 1.54) is 0 Å². The number of nitriles is 1. The maximum absolute atomic E-state index is 12.7. The predicted molar refractivity (Wildman–Crippen MR) is 117 cm³/mol. The highest BCUT2D eigenvalue weighted by atomic mass is 16.3. The van der Waals surface area contributed by atoms with Gasteiger partial charge in [0.1, 0.15) is 6.04 Å². The Bertz CT molecular complexity index is 1020. The van der Waals surface area contributed by atoms with Crippen molar-refractivity contribution < 1.29 is 14.7 Å². The smallest absolute Gasteiger partial charge is 0.253 e. The molecule has 31 heavy (non-hydrogen) atoms. The highest BCUT2D eigenvalue weighted by Crippen LogP contribution is 2.43. The Labute approximate surface area is 182 Å². The van der Waals surface area contributed by atoms with Gasteiger partial charge in [-0.2, -0.15) is 5.26 Å². The molecule has 1 N–H and O–H groups in total. The van der Waals surface area contributed by atoms with Crippen LogP contribution in [0.3, 0.4) is 0 Å². The van der Waals surface area contributed by atoms with Gasteiger partial charge in [0, 0.05) is 31.5 Å². The number of carbonyl (C=O) groups is 2. The SMILES string of the molecule is CN(C)C(=O)c1cccc(-c2ccc([C@@H]3[C@@H](CO)N(C(=O)C4CCC4)[C@H]3C#N)cc2)c1. The van der Waals surface area contributed by atoms with Crippen LogP contribution in [0.1, 0.15) is 41.1 Å². The Balaban J connectivity index is 1.55. The fraction of sp³-hybridized carbons (Fsp3) is 0.400. The maximum Gasteiger partial charge on any atom is 0.253 e. The first-order valence-corrected chi connectivity index (χ1v) is 10.7. The van der Waals surface area contributed by atoms with Crippen LogP contribution in [0, 0.1) is 17.2 Å². The number of aliphatic hydroxyl groups is 1. The third kappa shape index (κ3) is 3.70. The van der Waals surface area contributed by atoms with Gasteiger partial charge < -0.3 is 14.9 Å². The molecule has 1 aliphatic heterocycles. The van der Waals surface area contributed by atoms with Crippen LogP contribution in [-0.4, -0.2) is 59.5 Å². The number of benzene rings is 2. The van der Waals surface area contributed by atoms with Gasteiger partial charge in [-0.05, 0) is 41.7 Å². The second-order valence-electron chi connectivity index (χ2n) is 8.63. The molecule has 160 valence electrons. The lowest BCUT2D eigenvalue weighted by atomic mass is 9.73. The Hall–Kier alpha value is -3.17. The summed E-state index contributed by atoms with van der Waals surface area (Å²) in [6.45, 7) is -0.155.